The second kappa shape index (κ2) is 28.5. The van der Waals surface area contributed by atoms with Crippen LogP contribution in [0.4, 0.5) is 0 Å². The molecule has 14 nitrogen and oxygen atoms in total. The molecular weight excluding hydrogens is 825 g/mol. The number of esters is 5. The summed E-state index contributed by atoms with van der Waals surface area (Å²) in [7, 11) is 2.86. The third-order valence-electron chi connectivity index (χ3n) is 8.31. The van der Waals surface area contributed by atoms with Gasteiger partial charge in [0.15, 0.2) is 0 Å². The van der Waals surface area contributed by atoms with Gasteiger partial charge in [-0.15, -0.1) is 0 Å². The van der Waals surface area contributed by atoms with Crippen molar-refractivity contribution in [1.29, 1.82) is 0 Å². The zero-order valence-electron chi connectivity index (χ0n) is 36.2. The maximum Gasteiger partial charge on any atom is 0.343 e. The number of unbranched alkanes of at least 4 members (excludes halogenated alkanes) is 3. The molecule has 5 aromatic rings. The van der Waals surface area contributed by atoms with Gasteiger partial charge >= 0.3 is 29.8 Å². The number of hydrogen-bond donors (Lipinski definition) is 0. The van der Waals surface area contributed by atoms with Crippen molar-refractivity contribution < 1.29 is 66.7 Å². The Bertz CT molecular complexity index is 2280. The monoisotopic (exact) mass is 874 g/mol. The van der Waals surface area contributed by atoms with Gasteiger partial charge in [-0.3, -0.25) is 14.4 Å². The van der Waals surface area contributed by atoms with E-state index in [9.17, 15) is 28.8 Å². The number of ether oxygens (including phenoxy) is 8. The Morgan fingerprint density at radius 3 is 1.28 bits per heavy atom. The van der Waals surface area contributed by atoms with Crippen LogP contribution in [0.2, 0.25) is 0 Å². The fraction of sp³-hybridized carbons (Fsp3) is 0.200. The van der Waals surface area contributed by atoms with Gasteiger partial charge in [-0.25, -0.2) is 14.4 Å². The second-order valence-electron chi connectivity index (χ2n) is 13.1. The van der Waals surface area contributed by atoms with Crippen LogP contribution in [0.25, 0.3) is 12.2 Å². The second-order valence-corrected chi connectivity index (χ2v) is 13.1. The number of hydrogen-bond acceptors (Lipinski definition) is 14. The van der Waals surface area contributed by atoms with Crippen molar-refractivity contribution in [3.63, 3.8) is 0 Å². The smallest absolute Gasteiger partial charge is 0.343 e. The predicted molar refractivity (Wildman–Crippen MR) is 238 cm³/mol. The van der Waals surface area contributed by atoms with E-state index < -0.39 is 17.9 Å². The number of carbonyl (C=O) groups is 6. The van der Waals surface area contributed by atoms with Gasteiger partial charge < -0.3 is 37.9 Å². The van der Waals surface area contributed by atoms with Crippen molar-refractivity contribution in [1.82, 2.24) is 0 Å². The molecule has 0 N–H and O–H groups in total. The topological polar surface area (TPSA) is 176 Å². The summed E-state index contributed by atoms with van der Waals surface area (Å²) in [4.78, 5) is 66.5. The Morgan fingerprint density at radius 2 is 0.891 bits per heavy atom. The zero-order valence-corrected chi connectivity index (χ0v) is 36.2. The Hall–Kier alpha value is -8.00. The molecule has 0 aromatic heterocycles. The van der Waals surface area contributed by atoms with Gasteiger partial charge in [-0.2, -0.15) is 0 Å². The van der Waals surface area contributed by atoms with Crippen molar-refractivity contribution in [2.24, 2.45) is 0 Å². The summed E-state index contributed by atoms with van der Waals surface area (Å²) < 4.78 is 39.8. The molecule has 0 saturated carbocycles. The lowest BCUT2D eigenvalue weighted by molar-refractivity contribution is -0.136. The maximum absolute atomic E-state index is 12.3. The highest BCUT2D eigenvalue weighted by Gasteiger charge is 2.10. The minimum atomic E-state index is -0.448. The van der Waals surface area contributed by atoms with Crippen molar-refractivity contribution in [2.45, 2.75) is 46.5 Å². The Balaban J connectivity index is 0.000000272. The van der Waals surface area contributed by atoms with Gasteiger partial charge in [0, 0.05) is 13.8 Å². The molecule has 5 rings (SSSR count). The molecule has 0 heterocycles. The van der Waals surface area contributed by atoms with Crippen molar-refractivity contribution in [3.8, 4) is 28.7 Å². The van der Waals surface area contributed by atoms with Crippen LogP contribution in [-0.4, -0.2) is 57.1 Å². The highest BCUT2D eigenvalue weighted by atomic mass is 16.5. The first-order valence-electron chi connectivity index (χ1n) is 19.9. The van der Waals surface area contributed by atoms with Crippen LogP contribution in [0.5, 0.6) is 28.7 Å². The van der Waals surface area contributed by atoms with Crippen molar-refractivity contribution in [3.05, 3.63) is 162 Å². The lowest BCUT2D eigenvalue weighted by atomic mass is 10.2. The van der Waals surface area contributed by atoms with E-state index in [2.05, 4.69) is 16.4 Å². The molecule has 0 bridgehead atoms. The number of carbonyl (C=O) groups excluding carboxylic acids is 6. The molecule has 64 heavy (non-hydrogen) atoms. The van der Waals surface area contributed by atoms with Crippen LogP contribution in [0.15, 0.2) is 134 Å². The van der Waals surface area contributed by atoms with Crippen LogP contribution in [0.1, 0.15) is 88.7 Å². The van der Waals surface area contributed by atoms with E-state index in [4.69, 9.17) is 28.4 Å². The summed E-state index contributed by atoms with van der Waals surface area (Å²) in [6.45, 7) is 5.84. The molecule has 0 radical (unpaired) electrons. The summed E-state index contributed by atoms with van der Waals surface area (Å²) in [6.07, 6.45) is 10.5. The molecule has 0 aliphatic carbocycles. The molecule has 0 amide bonds. The van der Waals surface area contributed by atoms with Crippen LogP contribution in [0, 0.1) is 0 Å². The standard InChI is InChI=1S/C23H26O5.C18H16O5.C9H8O4/c1-3-4-5-6-16-27-21-13-9-20(10-14-21)23(25)28-22-11-7-19(8-12-22)15-17-26-18(2)24;1-13(19)22-12-11-14-3-7-17(8-4-14)23-18(20)15-5-9-16(21-2)10-6-15;1-12-9(11)7-2-4-8(5-3-7)13-6-10/h7-15,17H,3-6,16H2,1-2H3;3-12H,1-2H3;2-6H,1H3. The molecule has 5 aromatic carbocycles. The summed E-state index contributed by atoms with van der Waals surface area (Å²) in [5.41, 5.74) is 2.94. The molecule has 0 saturated heterocycles. The summed E-state index contributed by atoms with van der Waals surface area (Å²) in [5, 5.41) is 0. The quantitative estimate of drug-likeness (QED) is 0.0203. The first kappa shape index (κ1) is 50.4. The first-order chi connectivity index (χ1) is 30.9. The van der Waals surface area contributed by atoms with Crippen LogP contribution in [-0.2, 0) is 28.6 Å². The number of methoxy groups -OCH3 is 2. The third-order valence-corrected chi connectivity index (χ3v) is 8.31. The molecule has 334 valence electrons. The molecule has 14 heteroatoms. The summed E-state index contributed by atoms with van der Waals surface area (Å²) in [6, 6.07) is 33.4. The molecule has 0 aliphatic rings. The lowest BCUT2D eigenvalue weighted by Gasteiger charge is -2.08. The average Bonchev–Trinajstić information content (AvgIpc) is 3.30. The van der Waals surface area contributed by atoms with E-state index in [1.165, 1.54) is 77.0 Å². The zero-order chi connectivity index (χ0) is 46.5. The Labute approximate surface area is 371 Å². The lowest BCUT2D eigenvalue weighted by Crippen LogP contribution is -2.08. The fourth-order valence-electron chi connectivity index (χ4n) is 5.02. The minimum absolute atomic E-state index is 0.327. The fourth-order valence-corrected chi connectivity index (χ4v) is 5.02. The van der Waals surface area contributed by atoms with Gasteiger partial charge in [0.2, 0.25) is 0 Å². The van der Waals surface area contributed by atoms with Crippen molar-refractivity contribution in [2.75, 3.05) is 20.8 Å². The molecule has 0 atom stereocenters. The van der Waals surface area contributed by atoms with Gasteiger partial charge in [0.1, 0.15) is 28.7 Å². The van der Waals surface area contributed by atoms with Gasteiger partial charge in [0.05, 0.1) is 50.0 Å². The molecular formula is C50H50O14. The normalized spacial score (nSPS) is 10.2. The van der Waals surface area contributed by atoms with E-state index in [1.807, 2.05) is 0 Å². The number of benzene rings is 5. The minimum Gasteiger partial charge on any atom is -0.497 e. The molecule has 0 unspecified atom stereocenters. The SMILES string of the molecule is CCCCCCOc1ccc(C(=O)Oc2ccc(C=COC(C)=O)cc2)cc1.COC(=O)c1ccc(OC=O)cc1.COc1ccc(C(=O)Oc2ccc(C=COC(C)=O)cc2)cc1. The van der Waals surface area contributed by atoms with Gasteiger partial charge in [-0.1, -0.05) is 50.5 Å². The van der Waals surface area contributed by atoms with E-state index in [-0.39, 0.29) is 11.9 Å². The van der Waals surface area contributed by atoms with Crippen LogP contribution in [0.3, 0.4) is 0 Å². The molecule has 0 spiro atoms. The summed E-state index contributed by atoms with van der Waals surface area (Å²) in [5.74, 6) is 0.610. The highest BCUT2D eigenvalue weighted by Crippen LogP contribution is 2.19. The molecule has 0 fully saturated rings. The van der Waals surface area contributed by atoms with E-state index in [1.54, 1.807) is 116 Å². The first-order valence-corrected chi connectivity index (χ1v) is 19.9. The van der Waals surface area contributed by atoms with Crippen molar-refractivity contribution >= 4 is 48.5 Å². The highest BCUT2D eigenvalue weighted by molar-refractivity contribution is 5.92. The summed E-state index contributed by atoms with van der Waals surface area (Å²) >= 11 is 0. The predicted octanol–water partition coefficient (Wildman–Crippen LogP) is 9.86. The van der Waals surface area contributed by atoms with Crippen LogP contribution < -0.4 is 23.7 Å². The Kier molecular flexibility index (Phi) is 22.4. The third kappa shape index (κ3) is 19.6. The number of rotatable bonds is 18. The van der Waals surface area contributed by atoms with E-state index >= 15 is 0 Å². The van der Waals surface area contributed by atoms with E-state index in [0.717, 1.165) is 23.3 Å². The molecule has 0 aliphatic heterocycles. The van der Waals surface area contributed by atoms with Gasteiger partial charge in [-0.05, 0) is 127 Å². The average molecular weight is 875 g/mol. The van der Waals surface area contributed by atoms with E-state index in [0.29, 0.717) is 52.8 Å². The Morgan fingerprint density at radius 1 is 0.484 bits per heavy atom. The maximum atomic E-state index is 12.3. The van der Waals surface area contributed by atoms with Crippen LogP contribution >= 0.6 is 0 Å². The van der Waals surface area contributed by atoms with Gasteiger partial charge in [0.25, 0.3) is 6.47 Å². The largest absolute Gasteiger partial charge is 0.497 e.